The summed E-state index contributed by atoms with van der Waals surface area (Å²) < 4.78 is 0. The van der Waals surface area contributed by atoms with Crippen LogP contribution in [0, 0.1) is 11.8 Å². The van der Waals surface area contributed by atoms with Crippen molar-refractivity contribution in [2.45, 2.75) is 30.6 Å². The van der Waals surface area contributed by atoms with Gasteiger partial charge in [-0.25, -0.2) is 0 Å². The van der Waals surface area contributed by atoms with Crippen LogP contribution in [0.1, 0.15) is 24.5 Å². The number of aliphatic hydroxyl groups excluding tert-OH is 2. The van der Waals surface area contributed by atoms with Gasteiger partial charge in [0.05, 0.1) is 17.2 Å². The molecule has 1 aromatic rings. The summed E-state index contributed by atoms with van der Waals surface area (Å²) in [6, 6.07) is 3.00. The largest absolute Gasteiger partial charge is 0.507 e. The van der Waals surface area contributed by atoms with E-state index in [0.717, 1.165) is 0 Å². The van der Waals surface area contributed by atoms with Crippen LogP contribution < -0.4 is 5.73 Å². The Hall–Kier alpha value is -3.21. The van der Waals surface area contributed by atoms with Crippen molar-refractivity contribution in [2.75, 3.05) is 14.1 Å². The number of benzene rings is 1. The number of carbonyl (C=O) groups excluding carboxylic acids is 3. The monoisotopic (exact) mass is 444 g/mol. The number of hydrogen-bond donors (Lipinski definition) is 6. The van der Waals surface area contributed by atoms with Crippen molar-refractivity contribution in [1.29, 1.82) is 0 Å². The lowest BCUT2D eigenvalue weighted by Gasteiger charge is -2.53. The zero-order valence-electron chi connectivity index (χ0n) is 17.7. The Kier molecular flexibility index (Phi) is 4.57. The topological polar surface area (TPSA) is 182 Å². The minimum Gasteiger partial charge on any atom is -0.507 e. The van der Waals surface area contributed by atoms with Gasteiger partial charge in [0.1, 0.15) is 17.1 Å². The number of nitrogens with two attached hydrogens (primary N) is 1. The minimum absolute atomic E-state index is 0.164. The van der Waals surface area contributed by atoms with Crippen LogP contribution in [0.15, 0.2) is 35.2 Å². The Morgan fingerprint density at radius 1 is 1.12 bits per heavy atom. The number of nitrogens with zero attached hydrogens (tertiary/aromatic N) is 1. The van der Waals surface area contributed by atoms with Crippen molar-refractivity contribution in [3.8, 4) is 5.75 Å². The fourth-order valence-electron chi connectivity index (χ4n) is 5.49. The first-order valence-electron chi connectivity index (χ1n) is 9.97. The van der Waals surface area contributed by atoms with Crippen LogP contribution in [0.4, 0.5) is 0 Å². The van der Waals surface area contributed by atoms with E-state index in [2.05, 4.69) is 0 Å². The Balaban J connectivity index is 2.03. The van der Waals surface area contributed by atoms with Gasteiger partial charge in [0, 0.05) is 17.4 Å². The van der Waals surface area contributed by atoms with E-state index in [1.165, 1.54) is 44.1 Å². The van der Waals surface area contributed by atoms with Gasteiger partial charge in [0.2, 0.25) is 11.6 Å². The van der Waals surface area contributed by atoms with E-state index in [1.807, 2.05) is 0 Å². The number of aromatic hydroxyl groups is 1. The summed E-state index contributed by atoms with van der Waals surface area (Å²) in [5, 5.41) is 53.9. The van der Waals surface area contributed by atoms with Crippen molar-refractivity contribution in [1.82, 2.24) is 4.90 Å². The number of fused-ring (bicyclic) bond motifs is 3. The smallest absolute Gasteiger partial charge is 0.211 e. The van der Waals surface area contributed by atoms with Crippen molar-refractivity contribution >= 4 is 23.1 Å². The van der Waals surface area contributed by atoms with Gasteiger partial charge in [0.15, 0.2) is 17.3 Å². The summed E-state index contributed by atoms with van der Waals surface area (Å²) in [4.78, 5) is 41.2. The van der Waals surface area contributed by atoms with Crippen LogP contribution in [-0.4, -0.2) is 73.5 Å². The molecule has 3 aliphatic rings. The first-order chi connectivity index (χ1) is 14.8. The quantitative estimate of drug-likeness (QED) is 0.145. The number of hydrogen-bond acceptors (Lipinski definition) is 10. The summed E-state index contributed by atoms with van der Waals surface area (Å²) in [7, 11) is 3.01. The van der Waals surface area contributed by atoms with Gasteiger partial charge in [0.25, 0.3) is 0 Å². The molecule has 0 radical (unpaired) electrons. The molecule has 7 N–H and O–H groups in total. The zero-order chi connectivity index (χ0) is 23.9. The van der Waals surface area contributed by atoms with Gasteiger partial charge in [-0.15, -0.1) is 0 Å². The Morgan fingerprint density at radius 2 is 1.75 bits per heavy atom. The molecule has 2 saturated carbocycles. The van der Waals surface area contributed by atoms with E-state index >= 15 is 0 Å². The van der Waals surface area contributed by atoms with Gasteiger partial charge >= 0.3 is 0 Å². The normalized spacial score (nSPS) is 36.1. The molecule has 1 unspecified atom stereocenters. The molecule has 0 aromatic heterocycles. The maximum atomic E-state index is 13.6. The molecule has 2 fully saturated rings. The van der Waals surface area contributed by atoms with Crippen molar-refractivity contribution in [2.24, 2.45) is 17.6 Å². The predicted molar refractivity (Wildman–Crippen MR) is 110 cm³/mol. The average Bonchev–Trinajstić information content (AvgIpc) is 2.68. The highest BCUT2D eigenvalue weighted by Crippen LogP contribution is 2.56. The second-order valence-electron chi connectivity index (χ2n) is 8.96. The molecule has 4 rings (SSSR count). The second-order valence-corrected chi connectivity index (χ2v) is 8.96. The highest BCUT2D eigenvalue weighted by molar-refractivity contribution is 6.35. The Morgan fingerprint density at radius 3 is 2.31 bits per heavy atom. The minimum atomic E-state index is -2.82. The molecule has 0 amide bonds. The lowest BCUT2D eigenvalue weighted by Crippen LogP contribution is -2.70. The lowest BCUT2D eigenvalue weighted by atomic mass is 9.53. The average molecular weight is 444 g/mol. The van der Waals surface area contributed by atoms with Crippen molar-refractivity contribution in [3.63, 3.8) is 0 Å². The standard InChI is InChI=1S/C22H24N2O8/c1-21(31)8-5-4-6-11(25)12(8)16(26)13-9(21)7-10-15(24(2)3)17(27)14(20(23)30)19(29)22(10,32)18(13)28/h4-6,9-10,15,25-26,30-32H,7,23H2,1-3H3/t9-,10-,15-,21?,22-/m0/s1. The molecule has 0 saturated heterocycles. The van der Waals surface area contributed by atoms with E-state index in [9.17, 15) is 39.9 Å². The third kappa shape index (κ3) is 2.48. The number of carbonyl (C=O) groups is 3. The van der Waals surface area contributed by atoms with Crippen LogP contribution >= 0.6 is 0 Å². The van der Waals surface area contributed by atoms with Gasteiger partial charge in [-0.3, -0.25) is 19.3 Å². The number of rotatable bonds is 1. The van der Waals surface area contributed by atoms with E-state index in [-0.39, 0.29) is 17.5 Å². The number of likely N-dealkylation sites (N-methyl/N-ethyl adjacent to an activating group) is 1. The molecule has 5 atom stereocenters. The van der Waals surface area contributed by atoms with E-state index in [0.29, 0.717) is 0 Å². The first-order valence-corrected chi connectivity index (χ1v) is 9.97. The van der Waals surface area contributed by atoms with E-state index < -0.39 is 75.0 Å². The molecule has 0 aliphatic heterocycles. The lowest BCUT2D eigenvalue weighted by molar-refractivity contribution is -0.169. The summed E-state index contributed by atoms with van der Waals surface area (Å²) in [6.45, 7) is 1.40. The third-order valence-electron chi connectivity index (χ3n) is 7.01. The van der Waals surface area contributed by atoms with Crippen LogP contribution in [0.25, 0.3) is 5.76 Å². The molecule has 10 nitrogen and oxygen atoms in total. The summed E-state index contributed by atoms with van der Waals surface area (Å²) in [5.41, 5.74) is -0.589. The molecular weight excluding hydrogens is 420 g/mol. The van der Waals surface area contributed by atoms with Crippen LogP contribution in [-0.2, 0) is 20.0 Å². The summed E-state index contributed by atoms with van der Waals surface area (Å²) in [5.74, 6) is -8.00. The molecule has 32 heavy (non-hydrogen) atoms. The number of aliphatic hydroxyl groups is 4. The van der Waals surface area contributed by atoms with Gasteiger partial charge < -0.3 is 31.3 Å². The molecule has 1 aromatic carbocycles. The van der Waals surface area contributed by atoms with E-state index in [1.54, 1.807) is 0 Å². The highest BCUT2D eigenvalue weighted by Gasteiger charge is 2.68. The Bertz CT molecular complexity index is 1140. The number of phenolic OH excluding ortho intramolecular Hbond substituents is 1. The summed E-state index contributed by atoms with van der Waals surface area (Å²) in [6.07, 6.45) is -0.220. The molecular formula is C22H24N2O8. The SMILES string of the molecule is CN(C)[C@@H]1C(=O)C(=C(N)O)C(=O)[C@@]2(O)C(=O)C3=C(O)c4c(O)cccc4C(C)(O)[C@H]3C[C@@H]12. The first kappa shape index (κ1) is 22.0. The predicted octanol–water partition coefficient (Wildman–Crippen LogP) is -0.371. The second kappa shape index (κ2) is 6.64. The van der Waals surface area contributed by atoms with Crippen LogP contribution in [0.2, 0.25) is 0 Å². The number of phenols is 1. The van der Waals surface area contributed by atoms with Crippen LogP contribution in [0.5, 0.6) is 5.75 Å². The van der Waals surface area contributed by atoms with E-state index in [4.69, 9.17) is 5.73 Å². The fourth-order valence-corrected chi connectivity index (χ4v) is 5.49. The molecule has 0 heterocycles. The van der Waals surface area contributed by atoms with Crippen LogP contribution in [0.3, 0.4) is 0 Å². The molecule has 170 valence electrons. The van der Waals surface area contributed by atoms with Gasteiger partial charge in [-0.1, -0.05) is 12.1 Å². The third-order valence-corrected chi connectivity index (χ3v) is 7.01. The van der Waals surface area contributed by atoms with Gasteiger partial charge in [-0.05, 0) is 39.1 Å². The number of Topliss-reactive ketones (excluding diaryl/α,β-unsaturated/α-hetero) is 3. The molecule has 3 aliphatic carbocycles. The summed E-state index contributed by atoms with van der Waals surface area (Å²) >= 11 is 0. The maximum Gasteiger partial charge on any atom is 0.211 e. The van der Waals surface area contributed by atoms with Crippen molar-refractivity contribution < 1.29 is 39.9 Å². The Labute approximate surface area is 182 Å². The fraction of sp³-hybridized carbons (Fsp3) is 0.409. The maximum absolute atomic E-state index is 13.6. The zero-order valence-corrected chi connectivity index (χ0v) is 17.7. The number of ketones is 3. The van der Waals surface area contributed by atoms with Gasteiger partial charge in [-0.2, -0.15) is 0 Å². The highest BCUT2D eigenvalue weighted by atomic mass is 16.3. The van der Waals surface area contributed by atoms with Crippen molar-refractivity contribution in [3.05, 3.63) is 46.4 Å². The molecule has 0 spiro atoms. The molecule has 0 bridgehead atoms. The molecule has 10 heteroatoms.